The van der Waals surface area contributed by atoms with Crippen LogP contribution in [0.25, 0.3) is 0 Å². The number of aliphatic imine (C=N–C) groups is 1. The largest absolute Gasteiger partial charge is 0.326 e. The third-order valence-electron chi connectivity index (χ3n) is 4.66. The smallest absolute Gasteiger partial charge is 0.262 e. The van der Waals surface area contributed by atoms with Crippen LogP contribution in [0.5, 0.6) is 0 Å². The molecule has 0 spiro atoms. The van der Waals surface area contributed by atoms with E-state index in [4.69, 9.17) is 0 Å². The summed E-state index contributed by atoms with van der Waals surface area (Å²) in [5.74, 6) is -0.562. The van der Waals surface area contributed by atoms with Gasteiger partial charge >= 0.3 is 0 Å². The van der Waals surface area contributed by atoms with Gasteiger partial charge < -0.3 is 5.32 Å². The standard InChI is InChI=1S/C17H23N3O5S2/c21-17(13-9-11-26(22,23)12-13)19-14-5-7-15(8-6-14)27(24,25)20-16-4-2-1-3-10-18-16/h5-8,13H,1-4,9-12H2,(H,18,20)(H,19,21)/t13-/m0/s1. The minimum absolute atomic E-state index is 0.0256. The average molecular weight is 414 g/mol. The third-order valence-corrected chi connectivity index (χ3v) is 7.83. The molecule has 0 bridgehead atoms. The number of nitrogens with one attached hydrogen (secondary N) is 2. The predicted octanol–water partition coefficient (Wildman–Crippen LogP) is 1.31. The fraction of sp³-hybridized carbons (Fsp3) is 0.529. The maximum atomic E-state index is 12.5. The summed E-state index contributed by atoms with van der Waals surface area (Å²) in [5.41, 5.74) is 0.426. The Hall–Kier alpha value is -1.94. The van der Waals surface area contributed by atoms with Crippen LogP contribution in [-0.2, 0) is 24.7 Å². The summed E-state index contributed by atoms with van der Waals surface area (Å²) < 4.78 is 50.4. The van der Waals surface area contributed by atoms with Crippen LogP contribution in [0, 0.1) is 5.92 Å². The van der Waals surface area contributed by atoms with E-state index >= 15 is 0 Å². The Bertz CT molecular complexity index is 937. The van der Waals surface area contributed by atoms with Crippen molar-refractivity contribution in [2.75, 3.05) is 23.4 Å². The fourth-order valence-electron chi connectivity index (χ4n) is 3.13. The number of carbonyl (C=O) groups is 1. The van der Waals surface area contributed by atoms with E-state index in [-0.39, 0.29) is 22.3 Å². The van der Waals surface area contributed by atoms with E-state index in [0.29, 0.717) is 30.9 Å². The Kier molecular flexibility index (Phi) is 5.85. The van der Waals surface area contributed by atoms with Gasteiger partial charge in [0.2, 0.25) is 5.91 Å². The summed E-state index contributed by atoms with van der Waals surface area (Å²) in [7, 11) is -6.86. The van der Waals surface area contributed by atoms with E-state index in [1.807, 2.05) is 0 Å². The Balaban J connectivity index is 1.64. The first-order valence-corrected chi connectivity index (χ1v) is 12.2. The number of anilines is 1. The molecule has 2 aliphatic heterocycles. The highest BCUT2D eigenvalue weighted by Gasteiger charge is 2.33. The molecule has 2 heterocycles. The molecular weight excluding hydrogens is 390 g/mol. The van der Waals surface area contributed by atoms with Crippen LogP contribution in [0.2, 0.25) is 0 Å². The number of carbonyl (C=O) groups excluding carboxylic acids is 1. The topological polar surface area (TPSA) is 122 Å². The van der Waals surface area contributed by atoms with Gasteiger partial charge in [0.15, 0.2) is 9.84 Å². The molecule has 1 atom stereocenters. The first-order valence-electron chi connectivity index (χ1n) is 8.93. The molecule has 0 radical (unpaired) electrons. The summed E-state index contributed by atoms with van der Waals surface area (Å²) in [6, 6.07) is 5.79. The lowest BCUT2D eigenvalue weighted by atomic mass is 10.1. The molecule has 1 fully saturated rings. The van der Waals surface area contributed by atoms with Gasteiger partial charge in [0.25, 0.3) is 10.0 Å². The molecule has 0 saturated carbocycles. The molecule has 27 heavy (non-hydrogen) atoms. The van der Waals surface area contributed by atoms with Gasteiger partial charge in [-0.1, -0.05) is 6.42 Å². The maximum Gasteiger partial charge on any atom is 0.262 e. The number of benzene rings is 1. The predicted molar refractivity (Wildman–Crippen MR) is 103 cm³/mol. The quantitative estimate of drug-likeness (QED) is 0.771. The van der Waals surface area contributed by atoms with Crippen molar-refractivity contribution in [3.05, 3.63) is 24.3 Å². The molecule has 1 amide bonds. The third kappa shape index (κ3) is 5.29. The molecule has 1 saturated heterocycles. The Morgan fingerprint density at radius 3 is 2.52 bits per heavy atom. The molecule has 1 aromatic carbocycles. The van der Waals surface area contributed by atoms with Crippen LogP contribution in [0.15, 0.2) is 34.2 Å². The van der Waals surface area contributed by atoms with E-state index in [2.05, 4.69) is 15.0 Å². The highest BCUT2D eigenvalue weighted by molar-refractivity contribution is 7.91. The first kappa shape index (κ1) is 19.8. The van der Waals surface area contributed by atoms with Crippen LogP contribution in [0.1, 0.15) is 32.1 Å². The number of sulfone groups is 1. The van der Waals surface area contributed by atoms with Crippen LogP contribution in [-0.4, -0.2) is 46.6 Å². The van der Waals surface area contributed by atoms with Crippen molar-refractivity contribution >= 4 is 37.3 Å². The minimum atomic E-state index is -3.73. The van der Waals surface area contributed by atoms with Crippen molar-refractivity contribution in [1.82, 2.24) is 4.72 Å². The molecular formula is C17H23N3O5S2. The molecule has 2 N–H and O–H groups in total. The first-order chi connectivity index (χ1) is 12.8. The number of nitrogens with zero attached hydrogens (tertiary/aromatic N) is 1. The number of amides is 1. The lowest BCUT2D eigenvalue weighted by Gasteiger charge is -2.12. The van der Waals surface area contributed by atoms with Crippen molar-refractivity contribution in [2.24, 2.45) is 10.9 Å². The normalized spacial score (nSPS) is 22.5. The summed E-state index contributed by atoms with van der Waals surface area (Å²) in [6.45, 7) is 0.625. The number of rotatable bonds is 4. The van der Waals surface area contributed by atoms with E-state index in [9.17, 15) is 21.6 Å². The van der Waals surface area contributed by atoms with E-state index in [1.54, 1.807) is 0 Å². The van der Waals surface area contributed by atoms with Crippen LogP contribution in [0.3, 0.4) is 0 Å². The molecule has 10 heteroatoms. The second-order valence-electron chi connectivity index (χ2n) is 6.86. The Labute approximate surface area is 159 Å². The monoisotopic (exact) mass is 413 g/mol. The van der Waals surface area contributed by atoms with Gasteiger partial charge in [0.1, 0.15) is 5.84 Å². The zero-order valence-electron chi connectivity index (χ0n) is 14.8. The number of hydrogen-bond donors (Lipinski definition) is 2. The number of hydrogen-bond acceptors (Lipinski definition) is 6. The maximum absolute atomic E-state index is 12.5. The van der Waals surface area contributed by atoms with Crippen LogP contribution in [0.4, 0.5) is 5.69 Å². The fourth-order valence-corrected chi connectivity index (χ4v) is 5.97. The van der Waals surface area contributed by atoms with E-state index in [1.165, 1.54) is 24.3 Å². The lowest BCUT2D eigenvalue weighted by molar-refractivity contribution is -0.119. The average Bonchev–Trinajstić information content (AvgIpc) is 2.80. The van der Waals surface area contributed by atoms with Gasteiger partial charge in [-0.05, 0) is 43.5 Å². The van der Waals surface area contributed by atoms with Gasteiger partial charge in [-0.15, -0.1) is 0 Å². The summed E-state index contributed by atoms with van der Waals surface area (Å²) in [4.78, 5) is 16.5. The Morgan fingerprint density at radius 1 is 1.11 bits per heavy atom. The highest BCUT2D eigenvalue weighted by Crippen LogP contribution is 2.21. The highest BCUT2D eigenvalue weighted by atomic mass is 32.2. The van der Waals surface area contributed by atoms with Crippen molar-refractivity contribution in [3.63, 3.8) is 0 Å². The van der Waals surface area contributed by atoms with Crippen LogP contribution < -0.4 is 10.0 Å². The van der Waals surface area contributed by atoms with Gasteiger partial charge in [0.05, 0.1) is 22.3 Å². The van der Waals surface area contributed by atoms with Crippen molar-refractivity contribution in [3.8, 4) is 0 Å². The molecule has 0 aliphatic carbocycles. The SMILES string of the molecule is O=C(Nc1ccc(S(=O)(=O)NC2=NCCCCC2)cc1)[C@H]1CCS(=O)(=O)C1. The molecule has 0 unspecified atom stereocenters. The zero-order valence-corrected chi connectivity index (χ0v) is 16.5. The molecule has 148 valence electrons. The molecule has 0 aromatic heterocycles. The lowest BCUT2D eigenvalue weighted by Crippen LogP contribution is -2.30. The van der Waals surface area contributed by atoms with E-state index in [0.717, 1.165) is 19.3 Å². The number of sulfonamides is 1. The minimum Gasteiger partial charge on any atom is -0.326 e. The Morgan fingerprint density at radius 2 is 1.85 bits per heavy atom. The summed E-state index contributed by atoms with van der Waals surface area (Å²) in [5, 5.41) is 2.65. The van der Waals surface area contributed by atoms with Gasteiger partial charge in [0, 0.05) is 18.7 Å². The zero-order chi connectivity index (χ0) is 19.5. The summed E-state index contributed by atoms with van der Waals surface area (Å²) >= 11 is 0. The summed E-state index contributed by atoms with van der Waals surface area (Å²) in [6.07, 6.45) is 3.82. The van der Waals surface area contributed by atoms with Crippen molar-refractivity contribution in [1.29, 1.82) is 0 Å². The number of amidine groups is 1. The van der Waals surface area contributed by atoms with Crippen molar-refractivity contribution in [2.45, 2.75) is 37.0 Å². The second-order valence-corrected chi connectivity index (χ2v) is 10.8. The molecule has 2 aliphatic rings. The second kappa shape index (κ2) is 7.97. The van der Waals surface area contributed by atoms with Crippen molar-refractivity contribution < 1.29 is 21.6 Å². The van der Waals surface area contributed by atoms with Gasteiger partial charge in [-0.3, -0.25) is 14.5 Å². The molecule has 3 rings (SSSR count). The van der Waals surface area contributed by atoms with Crippen LogP contribution >= 0.6 is 0 Å². The molecule has 1 aromatic rings. The molecule has 8 nitrogen and oxygen atoms in total. The van der Waals surface area contributed by atoms with Gasteiger partial charge in [-0.2, -0.15) is 0 Å². The van der Waals surface area contributed by atoms with Gasteiger partial charge in [-0.25, -0.2) is 16.8 Å². The van der Waals surface area contributed by atoms with E-state index < -0.39 is 25.8 Å².